The van der Waals surface area contributed by atoms with Crippen molar-refractivity contribution in [1.82, 2.24) is 14.5 Å². The zero-order chi connectivity index (χ0) is 21.3. The summed E-state index contributed by atoms with van der Waals surface area (Å²) in [5, 5.41) is 0. The number of unbranched alkanes of at least 4 members (excludes halogenated alkanes) is 1. The molecule has 2 fully saturated rings. The fraction of sp³-hybridized carbons (Fsp3) is 0.684. The van der Waals surface area contributed by atoms with Gasteiger partial charge in [0.2, 0.25) is 5.91 Å². The van der Waals surface area contributed by atoms with Crippen LogP contribution in [0.25, 0.3) is 0 Å². The van der Waals surface area contributed by atoms with E-state index in [1.807, 2.05) is 20.8 Å². The zero-order valence-corrected chi connectivity index (χ0v) is 18.0. The lowest BCUT2D eigenvalue weighted by molar-refractivity contribution is -0.136. The third kappa shape index (κ3) is 3.70. The summed E-state index contributed by atoms with van der Waals surface area (Å²) < 4.78 is 1.29. The van der Waals surface area contributed by atoms with Crippen LogP contribution in [0.2, 0.25) is 0 Å². The topological polar surface area (TPSA) is 121 Å². The summed E-state index contributed by atoms with van der Waals surface area (Å²) in [7, 11) is 0. The van der Waals surface area contributed by atoms with E-state index in [1.54, 1.807) is 16.7 Å². The minimum absolute atomic E-state index is 0.00162. The summed E-state index contributed by atoms with van der Waals surface area (Å²) in [4.78, 5) is 55.8. The molecule has 0 saturated carbocycles. The molecule has 0 bridgehead atoms. The van der Waals surface area contributed by atoms with Crippen molar-refractivity contribution in [1.29, 1.82) is 0 Å². The maximum absolute atomic E-state index is 13.6. The van der Waals surface area contributed by atoms with E-state index >= 15 is 0 Å². The molecule has 3 N–H and O–H groups in total. The van der Waals surface area contributed by atoms with E-state index in [9.17, 15) is 19.2 Å². The van der Waals surface area contributed by atoms with Gasteiger partial charge in [0, 0.05) is 25.3 Å². The van der Waals surface area contributed by atoms with Gasteiger partial charge < -0.3 is 15.5 Å². The van der Waals surface area contributed by atoms with Gasteiger partial charge in [-0.05, 0) is 26.2 Å². The number of nitrogens with zero attached hydrogens (tertiary/aromatic N) is 3. The molecule has 2 atom stereocenters. The van der Waals surface area contributed by atoms with Crippen molar-refractivity contribution in [2.24, 2.45) is 0 Å². The molecule has 0 spiro atoms. The fourth-order valence-electron chi connectivity index (χ4n) is 4.12. The number of nitrogen functional groups attached to an aromatic ring is 1. The normalized spacial score (nSPS) is 23.5. The first kappa shape index (κ1) is 21.5. The van der Waals surface area contributed by atoms with Crippen LogP contribution in [-0.2, 0) is 16.1 Å². The number of thioether (sulfide) groups is 1. The maximum atomic E-state index is 13.6. The number of nitrogens with one attached hydrogen (secondary N) is 1. The van der Waals surface area contributed by atoms with Gasteiger partial charge in [-0.15, -0.1) is 11.8 Å². The van der Waals surface area contributed by atoms with Gasteiger partial charge in [0.25, 0.3) is 11.5 Å². The van der Waals surface area contributed by atoms with Crippen molar-refractivity contribution in [2.45, 2.75) is 70.3 Å². The number of fused-ring (bicyclic) bond motifs is 1. The number of H-pyrrole nitrogens is 1. The molecule has 0 unspecified atom stereocenters. The Morgan fingerprint density at radius 1 is 1.31 bits per heavy atom. The van der Waals surface area contributed by atoms with Gasteiger partial charge in [-0.1, -0.05) is 20.3 Å². The SMILES string of the molecule is CCCCN(C(=O)[C@@H]1CS[C@@]2(C)CCC(=O)N12)c1c(N)n(CCC)c(=O)[nH]c1=O. The van der Waals surface area contributed by atoms with Gasteiger partial charge in [0.05, 0.1) is 4.87 Å². The summed E-state index contributed by atoms with van der Waals surface area (Å²) in [6.45, 7) is 6.50. The van der Waals surface area contributed by atoms with Crippen molar-refractivity contribution >= 4 is 35.1 Å². The van der Waals surface area contributed by atoms with Crippen molar-refractivity contribution in [3.63, 3.8) is 0 Å². The summed E-state index contributed by atoms with van der Waals surface area (Å²) in [5.41, 5.74) is 4.95. The number of nitrogens with two attached hydrogens (primary N) is 1. The van der Waals surface area contributed by atoms with Crippen LogP contribution in [0.5, 0.6) is 0 Å². The third-order valence-electron chi connectivity index (χ3n) is 5.66. The molecular weight excluding hydrogens is 394 g/mol. The van der Waals surface area contributed by atoms with E-state index in [0.717, 1.165) is 6.42 Å². The molecule has 3 rings (SSSR count). The van der Waals surface area contributed by atoms with Crippen LogP contribution in [0.4, 0.5) is 11.5 Å². The molecule has 9 nitrogen and oxygen atoms in total. The smallest absolute Gasteiger partial charge is 0.330 e. The quantitative estimate of drug-likeness (QED) is 0.678. The molecule has 2 aliphatic heterocycles. The van der Waals surface area contributed by atoms with Crippen molar-refractivity contribution in [3.05, 3.63) is 20.8 Å². The number of hydrogen-bond acceptors (Lipinski definition) is 6. The number of carbonyl (C=O) groups excluding carboxylic acids is 2. The Bertz CT molecular complexity index is 926. The lowest BCUT2D eigenvalue weighted by Gasteiger charge is -2.33. The average molecular weight is 424 g/mol. The first-order valence-electron chi connectivity index (χ1n) is 10.1. The van der Waals surface area contributed by atoms with E-state index in [1.165, 1.54) is 9.47 Å². The standard InChI is InChI=1S/C19H29N5O4S/c1-4-6-10-22(14-15(20)23(9-5-2)18(28)21-16(14)26)17(27)12-11-29-19(3)8-7-13(25)24(12)19/h12H,4-11,20H2,1-3H3,(H,21,26,28)/t12-,19-/m0/s1. The van der Waals surface area contributed by atoms with Crippen molar-refractivity contribution < 1.29 is 9.59 Å². The van der Waals surface area contributed by atoms with Gasteiger partial charge in [-0.25, -0.2) is 4.79 Å². The van der Waals surface area contributed by atoms with E-state index in [2.05, 4.69) is 4.98 Å². The molecule has 160 valence electrons. The molecule has 0 radical (unpaired) electrons. The second-order valence-corrected chi connectivity index (χ2v) is 9.26. The minimum Gasteiger partial charge on any atom is -0.383 e. The molecular formula is C19H29N5O4S. The minimum atomic E-state index is -0.675. The van der Waals surface area contributed by atoms with Crippen molar-refractivity contribution in [2.75, 3.05) is 22.9 Å². The second-order valence-electron chi connectivity index (χ2n) is 7.75. The number of hydrogen-bond donors (Lipinski definition) is 2. The molecule has 29 heavy (non-hydrogen) atoms. The van der Waals surface area contributed by atoms with Gasteiger partial charge in [0.15, 0.2) is 5.69 Å². The highest BCUT2D eigenvalue weighted by molar-refractivity contribution is 8.01. The molecule has 1 aromatic heterocycles. The third-order valence-corrected chi connectivity index (χ3v) is 7.17. The number of carbonyl (C=O) groups is 2. The second kappa shape index (κ2) is 8.25. The predicted molar refractivity (Wildman–Crippen MR) is 114 cm³/mol. The van der Waals surface area contributed by atoms with Crippen LogP contribution >= 0.6 is 11.8 Å². The summed E-state index contributed by atoms with van der Waals surface area (Å²) in [5.74, 6) is 0.120. The van der Waals surface area contributed by atoms with Crippen LogP contribution < -0.4 is 21.9 Å². The number of rotatable bonds is 7. The van der Waals surface area contributed by atoms with Crippen LogP contribution in [0.3, 0.4) is 0 Å². The number of aromatic nitrogens is 2. The number of aromatic amines is 1. The van der Waals surface area contributed by atoms with Gasteiger partial charge in [-0.2, -0.15) is 0 Å². The largest absolute Gasteiger partial charge is 0.383 e. The molecule has 2 amide bonds. The van der Waals surface area contributed by atoms with Gasteiger partial charge >= 0.3 is 5.69 Å². The number of anilines is 2. The highest BCUT2D eigenvalue weighted by Gasteiger charge is 2.53. The molecule has 3 heterocycles. The Labute approximate surface area is 173 Å². The average Bonchev–Trinajstić information content (AvgIpc) is 3.16. The Kier molecular flexibility index (Phi) is 6.11. The summed E-state index contributed by atoms with van der Waals surface area (Å²) in [6.07, 6.45) is 3.27. The highest BCUT2D eigenvalue weighted by Crippen LogP contribution is 2.47. The first-order valence-corrected chi connectivity index (χ1v) is 11.1. The van der Waals surface area contributed by atoms with Crippen molar-refractivity contribution in [3.8, 4) is 0 Å². The van der Waals surface area contributed by atoms with E-state index in [0.29, 0.717) is 44.5 Å². The molecule has 10 heteroatoms. The molecule has 0 aliphatic carbocycles. The van der Waals surface area contributed by atoms with Gasteiger partial charge in [-0.3, -0.25) is 23.9 Å². The van der Waals surface area contributed by atoms with Crippen LogP contribution in [-0.4, -0.2) is 49.5 Å². The molecule has 2 aliphatic rings. The number of amides is 2. The van der Waals surface area contributed by atoms with E-state index in [4.69, 9.17) is 5.73 Å². The predicted octanol–water partition coefficient (Wildman–Crippen LogP) is 1.12. The monoisotopic (exact) mass is 423 g/mol. The Morgan fingerprint density at radius 2 is 2.03 bits per heavy atom. The van der Waals surface area contributed by atoms with Crippen LogP contribution in [0, 0.1) is 0 Å². The fourth-order valence-corrected chi connectivity index (χ4v) is 5.54. The van der Waals surface area contributed by atoms with Gasteiger partial charge in [0.1, 0.15) is 11.9 Å². The first-order chi connectivity index (χ1) is 13.7. The summed E-state index contributed by atoms with van der Waals surface area (Å²) in [6, 6.07) is -0.637. The molecule has 0 aromatic carbocycles. The Hall–Kier alpha value is -2.23. The lowest BCUT2D eigenvalue weighted by atomic mass is 10.1. The molecule has 2 saturated heterocycles. The summed E-state index contributed by atoms with van der Waals surface area (Å²) >= 11 is 1.60. The Balaban J connectivity index is 2.05. The Morgan fingerprint density at radius 3 is 2.69 bits per heavy atom. The van der Waals surface area contributed by atoms with Crippen LogP contribution in [0.15, 0.2) is 9.59 Å². The van der Waals surface area contributed by atoms with E-state index in [-0.39, 0.29) is 28.2 Å². The molecule has 1 aromatic rings. The highest BCUT2D eigenvalue weighted by atomic mass is 32.2. The lowest BCUT2D eigenvalue weighted by Crippen LogP contribution is -2.53. The zero-order valence-electron chi connectivity index (χ0n) is 17.2. The maximum Gasteiger partial charge on any atom is 0.330 e. The van der Waals surface area contributed by atoms with E-state index < -0.39 is 17.3 Å². The van der Waals surface area contributed by atoms with Crippen LogP contribution in [0.1, 0.15) is 52.9 Å².